The molecule has 0 bridgehead atoms. The molecule has 4 saturated carbocycles. The molecule has 0 aliphatic heterocycles. The first-order chi connectivity index (χ1) is 15.4. The summed E-state index contributed by atoms with van der Waals surface area (Å²) in [6.07, 6.45) is 16.6. The first-order valence-corrected chi connectivity index (χ1v) is 14.0. The van der Waals surface area contributed by atoms with Gasteiger partial charge in [-0.15, -0.1) is 0 Å². The van der Waals surface area contributed by atoms with Crippen molar-refractivity contribution in [3.8, 4) is 0 Å². The van der Waals surface area contributed by atoms with Gasteiger partial charge in [-0.25, -0.2) is 0 Å². The van der Waals surface area contributed by atoms with Crippen molar-refractivity contribution < 1.29 is 14.3 Å². The lowest BCUT2D eigenvalue weighted by atomic mass is 9.45. The molecule has 0 amide bonds. The topological polar surface area (TPSA) is 43.4 Å². The zero-order chi connectivity index (χ0) is 23.9. The highest BCUT2D eigenvalue weighted by molar-refractivity contribution is 5.87. The molecule has 0 aromatic rings. The number of esters is 1. The van der Waals surface area contributed by atoms with Gasteiger partial charge in [0.15, 0.2) is 0 Å². The van der Waals surface area contributed by atoms with Gasteiger partial charge in [0.05, 0.1) is 7.11 Å². The van der Waals surface area contributed by atoms with E-state index in [1.54, 1.807) is 0 Å². The van der Waals surface area contributed by atoms with Crippen molar-refractivity contribution in [2.24, 2.45) is 46.3 Å². The third-order valence-electron chi connectivity index (χ3n) is 10.3. The van der Waals surface area contributed by atoms with E-state index in [-0.39, 0.29) is 5.97 Å². The average molecular weight is 449 g/mol. The maximum atomic E-state index is 11.8. The molecule has 8 atom stereocenters. The summed E-state index contributed by atoms with van der Waals surface area (Å²) in [5.74, 6) is 3.46. The molecule has 0 N–H and O–H groups in total. The van der Waals surface area contributed by atoms with Crippen LogP contribution in [0.15, 0.2) is 0 Å². The van der Waals surface area contributed by atoms with Crippen LogP contribution in [-0.2, 0) is 14.3 Å². The van der Waals surface area contributed by atoms with Gasteiger partial charge < -0.3 is 9.53 Å². The number of aldehydes is 1. The third kappa shape index (κ3) is 4.97. The van der Waals surface area contributed by atoms with Crippen LogP contribution in [-0.4, -0.2) is 19.4 Å². The molecular formula is C29H52O3. The summed E-state index contributed by atoms with van der Waals surface area (Å²) in [5.41, 5.74) is 1.02. The van der Waals surface area contributed by atoms with E-state index in [1.165, 1.54) is 71.3 Å². The summed E-state index contributed by atoms with van der Waals surface area (Å²) in [7, 11) is 1.38. The average Bonchev–Trinajstić information content (AvgIpc) is 3.17. The second-order valence-corrected chi connectivity index (χ2v) is 11.1. The fraction of sp³-hybridized carbons (Fsp3) is 0.931. The predicted octanol–water partition coefficient (Wildman–Crippen LogP) is 7.86. The molecule has 32 heavy (non-hydrogen) atoms. The molecule has 0 spiro atoms. The van der Waals surface area contributed by atoms with Gasteiger partial charge in [0.2, 0.25) is 0 Å². The van der Waals surface area contributed by atoms with Crippen molar-refractivity contribution >= 4 is 12.3 Å². The van der Waals surface area contributed by atoms with Gasteiger partial charge in [0.1, 0.15) is 12.2 Å². The molecule has 0 saturated heterocycles. The number of fused-ring (bicyclic) bond motifs is 5. The second-order valence-electron chi connectivity index (χ2n) is 11.1. The molecule has 3 heteroatoms. The van der Waals surface area contributed by atoms with Crippen LogP contribution in [0.3, 0.4) is 0 Å². The minimum atomic E-state index is -0.569. The second kappa shape index (κ2) is 12.0. The van der Waals surface area contributed by atoms with Gasteiger partial charge >= 0.3 is 5.97 Å². The molecule has 0 heterocycles. The van der Waals surface area contributed by atoms with E-state index < -0.39 is 5.92 Å². The van der Waals surface area contributed by atoms with E-state index in [0.29, 0.717) is 23.2 Å². The Hall–Kier alpha value is -0.860. The summed E-state index contributed by atoms with van der Waals surface area (Å²) >= 11 is 0. The Bertz CT molecular complexity index is 601. The third-order valence-corrected chi connectivity index (χ3v) is 10.3. The van der Waals surface area contributed by atoms with Gasteiger partial charge in [-0.1, -0.05) is 54.4 Å². The SMILES string of the molecule is CC.CC.COC(=O)C(C=O)CCC1CCC2C3CCC4CCCCC4(C)C3CCC12C. The number of carbonyl (C=O) groups is 2. The van der Waals surface area contributed by atoms with E-state index >= 15 is 0 Å². The Labute approximate surface area is 198 Å². The van der Waals surface area contributed by atoms with E-state index in [4.69, 9.17) is 4.74 Å². The zero-order valence-corrected chi connectivity index (χ0v) is 22.3. The number of methoxy groups -OCH3 is 1. The molecule has 4 fully saturated rings. The maximum absolute atomic E-state index is 11.8. The number of ether oxygens (including phenoxy) is 1. The fourth-order valence-electron chi connectivity index (χ4n) is 8.65. The normalized spacial score (nSPS) is 40.7. The maximum Gasteiger partial charge on any atom is 0.315 e. The van der Waals surface area contributed by atoms with E-state index in [9.17, 15) is 9.59 Å². The Kier molecular flexibility index (Phi) is 10.3. The zero-order valence-electron chi connectivity index (χ0n) is 22.3. The number of hydrogen-bond donors (Lipinski definition) is 0. The fourth-order valence-corrected chi connectivity index (χ4v) is 8.65. The molecule has 4 aliphatic carbocycles. The number of carbonyl (C=O) groups excluding carboxylic acids is 2. The predicted molar refractivity (Wildman–Crippen MR) is 133 cm³/mol. The van der Waals surface area contributed by atoms with Gasteiger partial charge in [0.25, 0.3) is 0 Å². The lowest BCUT2D eigenvalue weighted by Gasteiger charge is -2.60. The van der Waals surface area contributed by atoms with Gasteiger partial charge in [0, 0.05) is 0 Å². The molecule has 8 unspecified atom stereocenters. The van der Waals surface area contributed by atoms with Gasteiger partial charge in [-0.2, -0.15) is 0 Å². The van der Waals surface area contributed by atoms with Crippen LogP contribution in [0.4, 0.5) is 0 Å². The summed E-state index contributed by atoms with van der Waals surface area (Å²) in [6, 6.07) is 0. The Balaban J connectivity index is 0.000000860. The molecular weight excluding hydrogens is 396 g/mol. The minimum absolute atomic E-state index is 0.359. The van der Waals surface area contributed by atoms with Crippen molar-refractivity contribution in [2.75, 3.05) is 7.11 Å². The summed E-state index contributed by atoms with van der Waals surface area (Å²) < 4.78 is 4.81. The molecule has 4 aliphatic rings. The molecule has 4 rings (SSSR count). The molecule has 0 radical (unpaired) electrons. The Morgan fingerprint density at radius 1 is 0.906 bits per heavy atom. The van der Waals surface area contributed by atoms with Crippen LogP contribution >= 0.6 is 0 Å². The highest BCUT2D eigenvalue weighted by atomic mass is 16.5. The summed E-state index contributed by atoms with van der Waals surface area (Å²) in [6.45, 7) is 13.2. The lowest BCUT2D eigenvalue weighted by Crippen LogP contribution is -2.52. The van der Waals surface area contributed by atoms with E-state index in [1.807, 2.05) is 27.7 Å². The Morgan fingerprint density at radius 3 is 2.25 bits per heavy atom. The highest BCUT2D eigenvalue weighted by Crippen LogP contribution is 2.67. The van der Waals surface area contributed by atoms with Crippen LogP contribution in [0, 0.1) is 46.3 Å². The monoisotopic (exact) mass is 448 g/mol. The van der Waals surface area contributed by atoms with Crippen molar-refractivity contribution in [1.82, 2.24) is 0 Å². The van der Waals surface area contributed by atoms with Crippen LogP contribution in [0.2, 0.25) is 0 Å². The first-order valence-electron chi connectivity index (χ1n) is 14.0. The summed E-state index contributed by atoms with van der Waals surface area (Å²) in [5, 5.41) is 0. The minimum Gasteiger partial charge on any atom is -0.468 e. The van der Waals surface area contributed by atoms with Crippen molar-refractivity contribution in [3.63, 3.8) is 0 Å². The number of rotatable bonds is 5. The van der Waals surface area contributed by atoms with E-state index in [0.717, 1.165) is 36.4 Å². The van der Waals surface area contributed by atoms with Crippen LogP contribution in [0.1, 0.15) is 119 Å². The van der Waals surface area contributed by atoms with Gasteiger partial charge in [-0.3, -0.25) is 4.79 Å². The van der Waals surface area contributed by atoms with Crippen LogP contribution in [0.25, 0.3) is 0 Å². The summed E-state index contributed by atoms with van der Waals surface area (Å²) in [4.78, 5) is 23.1. The molecule has 0 aromatic heterocycles. The molecule has 0 aromatic carbocycles. The first kappa shape index (κ1) is 27.4. The smallest absolute Gasteiger partial charge is 0.315 e. The number of hydrogen-bond acceptors (Lipinski definition) is 3. The lowest BCUT2D eigenvalue weighted by molar-refractivity contribution is -0.147. The highest BCUT2D eigenvalue weighted by Gasteiger charge is 2.59. The van der Waals surface area contributed by atoms with Crippen molar-refractivity contribution in [3.05, 3.63) is 0 Å². The standard InChI is InChI=1S/C25H40O3.2C2H6/c1-24-14-5-4-6-18(24)9-11-20-21-12-10-19(25(21,2)15-13-22(20)24)8-7-17(16-26)23(27)28-3;2*1-2/h16-22H,4-15H2,1-3H3;2*1-2H3. The van der Waals surface area contributed by atoms with Crippen molar-refractivity contribution in [1.29, 1.82) is 0 Å². The van der Waals surface area contributed by atoms with Crippen molar-refractivity contribution in [2.45, 2.75) is 119 Å². The van der Waals surface area contributed by atoms with Crippen LogP contribution < -0.4 is 0 Å². The largest absolute Gasteiger partial charge is 0.468 e. The Morgan fingerprint density at radius 2 is 1.59 bits per heavy atom. The van der Waals surface area contributed by atoms with Gasteiger partial charge in [-0.05, 0) is 105 Å². The molecule has 3 nitrogen and oxygen atoms in total. The van der Waals surface area contributed by atoms with Crippen LogP contribution in [0.5, 0.6) is 0 Å². The van der Waals surface area contributed by atoms with E-state index in [2.05, 4.69) is 13.8 Å². The quantitative estimate of drug-likeness (QED) is 0.244. The molecule has 186 valence electrons.